The number of ether oxygens (including phenoxy) is 1. The van der Waals surface area contributed by atoms with E-state index in [4.69, 9.17) is 9.15 Å². The van der Waals surface area contributed by atoms with Gasteiger partial charge in [0.25, 0.3) is 0 Å². The van der Waals surface area contributed by atoms with E-state index in [1.165, 1.54) is 5.56 Å². The zero-order chi connectivity index (χ0) is 15.2. The third-order valence-electron chi connectivity index (χ3n) is 3.28. The molecule has 0 unspecified atom stereocenters. The fourth-order valence-corrected chi connectivity index (χ4v) is 2.25. The van der Waals surface area contributed by atoms with Crippen LogP contribution in [0, 0.1) is 0 Å². The molecule has 0 bridgehead atoms. The maximum Gasteiger partial charge on any atom is 0.141 e. The van der Waals surface area contributed by atoms with E-state index >= 15 is 0 Å². The van der Waals surface area contributed by atoms with Gasteiger partial charge in [0, 0.05) is 13.0 Å². The normalized spacial score (nSPS) is 10.9. The number of nitrogens with one attached hydrogen (secondary N) is 1. The highest BCUT2D eigenvalue weighted by Gasteiger charge is 2.07. The van der Waals surface area contributed by atoms with E-state index in [2.05, 4.69) is 43.4 Å². The Morgan fingerprint density at radius 1 is 1.14 bits per heavy atom. The lowest BCUT2D eigenvalue weighted by molar-refractivity contribution is 0.400. The van der Waals surface area contributed by atoms with Crippen molar-refractivity contribution < 1.29 is 9.15 Å². The second kappa shape index (κ2) is 7.18. The second-order valence-electron chi connectivity index (χ2n) is 5.35. The van der Waals surface area contributed by atoms with Gasteiger partial charge in [-0.25, -0.2) is 0 Å². The summed E-state index contributed by atoms with van der Waals surface area (Å²) in [5, 5.41) is 3.39. The number of hydrogen-bond acceptors (Lipinski definition) is 4. The summed E-state index contributed by atoms with van der Waals surface area (Å²) in [6.45, 7) is 3.64. The predicted octanol–water partition coefficient (Wildman–Crippen LogP) is 3.52. The number of furan rings is 1. The van der Waals surface area contributed by atoms with E-state index < -0.39 is 0 Å². The lowest BCUT2D eigenvalue weighted by atomic mass is 10.1. The van der Waals surface area contributed by atoms with Crippen LogP contribution in [0.15, 0.2) is 34.7 Å². The Morgan fingerprint density at radius 2 is 1.90 bits per heavy atom. The van der Waals surface area contributed by atoms with Crippen molar-refractivity contribution in [1.29, 1.82) is 0 Å². The van der Waals surface area contributed by atoms with E-state index in [1.54, 1.807) is 7.11 Å². The van der Waals surface area contributed by atoms with Crippen molar-refractivity contribution in [1.82, 2.24) is 4.90 Å². The maximum atomic E-state index is 5.71. The molecule has 0 amide bonds. The van der Waals surface area contributed by atoms with Gasteiger partial charge in [-0.15, -0.1) is 0 Å². The molecule has 4 heteroatoms. The molecule has 2 aromatic rings. The molecule has 1 aromatic carbocycles. The van der Waals surface area contributed by atoms with Crippen LogP contribution in [0.4, 0.5) is 5.69 Å². The number of anilines is 1. The summed E-state index contributed by atoms with van der Waals surface area (Å²) in [5.74, 6) is 2.80. The molecule has 0 spiro atoms. The molecule has 1 aromatic heterocycles. The van der Waals surface area contributed by atoms with Gasteiger partial charge in [-0.3, -0.25) is 0 Å². The van der Waals surface area contributed by atoms with Gasteiger partial charge in [0.2, 0.25) is 0 Å². The standard InChI is InChI=1S/C17H24N2O2/c1-5-14-7-8-15(21-14)11-18-16-10-13(12-19(2)3)6-9-17(16)20-4/h6-10,18H,5,11-12H2,1-4H3. The summed E-state index contributed by atoms with van der Waals surface area (Å²) in [4.78, 5) is 2.14. The Bertz CT molecular complexity index is 576. The third kappa shape index (κ3) is 4.26. The number of benzene rings is 1. The van der Waals surface area contributed by atoms with E-state index in [1.807, 2.05) is 18.2 Å². The Hall–Kier alpha value is -1.94. The molecule has 0 aliphatic carbocycles. The molecular formula is C17H24N2O2. The monoisotopic (exact) mass is 288 g/mol. The Labute approximate surface area is 126 Å². The van der Waals surface area contributed by atoms with Crippen molar-refractivity contribution in [2.45, 2.75) is 26.4 Å². The van der Waals surface area contributed by atoms with Crippen molar-refractivity contribution >= 4 is 5.69 Å². The van der Waals surface area contributed by atoms with Crippen LogP contribution in [-0.4, -0.2) is 26.1 Å². The molecule has 1 N–H and O–H groups in total. The molecule has 2 rings (SSSR count). The van der Waals surface area contributed by atoms with Crippen molar-refractivity contribution in [3.05, 3.63) is 47.4 Å². The lowest BCUT2D eigenvalue weighted by Crippen LogP contribution is -2.11. The zero-order valence-electron chi connectivity index (χ0n) is 13.3. The van der Waals surface area contributed by atoms with Gasteiger partial charge in [-0.05, 0) is 43.9 Å². The van der Waals surface area contributed by atoms with E-state index in [-0.39, 0.29) is 0 Å². The van der Waals surface area contributed by atoms with Gasteiger partial charge < -0.3 is 19.4 Å². The molecule has 21 heavy (non-hydrogen) atoms. The van der Waals surface area contributed by atoms with Crippen LogP contribution in [0.3, 0.4) is 0 Å². The molecule has 4 nitrogen and oxygen atoms in total. The largest absolute Gasteiger partial charge is 0.495 e. The minimum Gasteiger partial charge on any atom is -0.495 e. The van der Waals surface area contributed by atoms with Crippen molar-refractivity contribution in [2.24, 2.45) is 0 Å². The smallest absolute Gasteiger partial charge is 0.141 e. The molecular weight excluding hydrogens is 264 g/mol. The summed E-state index contributed by atoms with van der Waals surface area (Å²) in [5.41, 5.74) is 2.24. The summed E-state index contributed by atoms with van der Waals surface area (Å²) in [6.07, 6.45) is 0.918. The van der Waals surface area contributed by atoms with Crippen LogP contribution in [0.5, 0.6) is 5.75 Å². The van der Waals surface area contributed by atoms with Gasteiger partial charge in [0.05, 0.1) is 19.3 Å². The van der Waals surface area contributed by atoms with Crippen LogP contribution in [-0.2, 0) is 19.5 Å². The first-order chi connectivity index (χ1) is 10.1. The van der Waals surface area contributed by atoms with Gasteiger partial charge >= 0.3 is 0 Å². The van der Waals surface area contributed by atoms with Crippen LogP contribution in [0.25, 0.3) is 0 Å². The SMILES string of the molecule is CCc1ccc(CNc2cc(CN(C)C)ccc2OC)o1. The molecule has 0 aliphatic heterocycles. The molecule has 0 saturated carbocycles. The molecule has 0 saturated heterocycles. The van der Waals surface area contributed by atoms with Crippen molar-refractivity contribution in [3.63, 3.8) is 0 Å². The first-order valence-corrected chi connectivity index (χ1v) is 7.25. The number of aryl methyl sites for hydroxylation is 1. The van der Waals surface area contributed by atoms with Crippen LogP contribution in [0.2, 0.25) is 0 Å². The molecule has 0 fully saturated rings. The van der Waals surface area contributed by atoms with Gasteiger partial charge in [0.15, 0.2) is 0 Å². The van der Waals surface area contributed by atoms with Crippen LogP contribution >= 0.6 is 0 Å². The summed E-state index contributed by atoms with van der Waals surface area (Å²) >= 11 is 0. The fourth-order valence-electron chi connectivity index (χ4n) is 2.25. The Morgan fingerprint density at radius 3 is 2.52 bits per heavy atom. The highest BCUT2D eigenvalue weighted by Crippen LogP contribution is 2.26. The van der Waals surface area contributed by atoms with Gasteiger partial charge in [-0.1, -0.05) is 13.0 Å². The van der Waals surface area contributed by atoms with Crippen molar-refractivity contribution in [3.8, 4) is 5.75 Å². The van der Waals surface area contributed by atoms with E-state index in [0.29, 0.717) is 6.54 Å². The molecule has 0 radical (unpaired) electrons. The Kier molecular flexibility index (Phi) is 5.28. The molecule has 0 aliphatic rings. The minimum absolute atomic E-state index is 0.655. The third-order valence-corrected chi connectivity index (χ3v) is 3.28. The van der Waals surface area contributed by atoms with Gasteiger partial charge in [-0.2, -0.15) is 0 Å². The van der Waals surface area contributed by atoms with E-state index in [0.717, 1.165) is 35.9 Å². The lowest BCUT2D eigenvalue weighted by Gasteiger charge is -2.14. The average Bonchev–Trinajstić information content (AvgIpc) is 2.92. The van der Waals surface area contributed by atoms with Crippen LogP contribution < -0.4 is 10.1 Å². The Balaban J connectivity index is 2.09. The molecule has 1 heterocycles. The molecule has 0 atom stereocenters. The second-order valence-corrected chi connectivity index (χ2v) is 5.35. The van der Waals surface area contributed by atoms with Crippen molar-refractivity contribution in [2.75, 3.05) is 26.5 Å². The molecule has 114 valence electrons. The average molecular weight is 288 g/mol. The van der Waals surface area contributed by atoms with Crippen LogP contribution in [0.1, 0.15) is 24.0 Å². The number of methoxy groups -OCH3 is 1. The van der Waals surface area contributed by atoms with Gasteiger partial charge in [0.1, 0.15) is 17.3 Å². The highest BCUT2D eigenvalue weighted by molar-refractivity contribution is 5.58. The minimum atomic E-state index is 0.655. The van der Waals surface area contributed by atoms with E-state index in [9.17, 15) is 0 Å². The topological polar surface area (TPSA) is 37.6 Å². The first-order valence-electron chi connectivity index (χ1n) is 7.25. The number of hydrogen-bond donors (Lipinski definition) is 1. The first kappa shape index (κ1) is 15.4. The number of rotatable bonds is 7. The summed E-state index contributed by atoms with van der Waals surface area (Å²) in [6, 6.07) is 10.3. The number of nitrogens with zero attached hydrogens (tertiary/aromatic N) is 1. The predicted molar refractivity (Wildman–Crippen MR) is 85.8 cm³/mol. The fraction of sp³-hybridized carbons (Fsp3) is 0.412. The maximum absolute atomic E-state index is 5.71. The quantitative estimate of drug-likeness (QED) is 0.846. The highest BCUT2D eigenvalue weighted by atomic mass is 16.5. The summed E-state index contributed by atoms with van der Waals surface area (Å²) in [7, 11) is 5.81. The zero-order valence-corrected chi connectivity index (χ0v) is 13.3. The summed E-state index contributed by atoms with van der Waals surface area (Å²) < 4.78 is 11.1.